The lowest BCUT2D eigenvalue weighted by Gasteiger charge is -2.24. The smallest absolute Gasteiger partial charge is 0.308 e. The van der Waals surface area contributed by atoms with Gasteiger partial charge < -0.3 is 10.1 Å². The Balaban J connectivity index is 1.69. The van der Waals surface area contributed by atoms with Gasteiger partial charge >= 0.3 is 4.87 Å². The molecule has 1 amide bonds. The van der Waals surface area contributed by atoms with Crippen molar-refractivity contribution in [1.29, 1.82) is 0 Å². The van der Waals surface area contributed by atoms with Gasteiger partial charge in [0.25, 0.3) is 15.7 Å². The molecule has 1 N–H and O–H groups in total. The summed E-state index contributed by atoms with van der Waals surface area (Å²) in [5.74, 6) is -0.168. The molecular weight excluding hydrogens is 544 g/mol. The molecule has 0 saturated heterocycles. The predicted octanol–water partition coefficient (Wildman–Crippen LogP) is 4.70. The number of aryl methyl sites for hydroxylation is 1. The summed E-state index contributed by atoms with van der Waals surface area (Å²) >= 11 is 1.05. The van der Waals surface area contributed by atoms with Crippen LogP contribution in [0.2, 0.25) is 0 Å². The molecule has 3 aromatic carbocycles. The molecule has 0 saturated carbocycles. The third-order valence-corrected chi connectivity index (χ3v) is 8.71. The number of rotatable bonds is 9. The monoisotopic (exact) mass is 570 g/mol. The van der Waals surface area contributed by atoms with Gasteiger partial charge in [0.05, 0.1) is 32.8 Å². The second kappa shape index (κ2) is 10.9. The van der Waals surface area contributed by atoms with Crippen LogP contribution in [-0.4, -0.2) is 37.5 Å². The zero-order chi connectivity index (χ0) is 28.5. The number of nitro groups is 1. The topological polar surface area (TPSA) is 141 Å². The van der Waals surface area contributed by atoms with Crippen LogP contribution >= 0.6 is 11.3 Å². The number of anilines is 2. The highest BCUT2D eigenvalue weighted by Crippen LogP contribution is 2.29. The molecule has 0 unspecified atom stereocenters. The third kappa shape index (κ3) is 5.64. The minimum absolute atomic E-state index is 0.0347. The van der Waals surface area contributed by atoms with Crippen LogP contribution in [0.3, 0.4) is 0 Å². The van der Waals surface area contributed by atoms with Crippen molar-refractivity contribution in [3.63, 3.8) is 0 Å². The Morgan fingerprint density at radius 3 is 2.44 bits per heavy atom. The first kappa shape index (κ1) is 27.8. The van der Waals surface area contributed by atoms with Crippen molar-refractivity contribution >= 4 is 54.5 Å². The van der Waals surface area contributed by atoms with Crippen LogP contribution in [-0.2, 0) is 14.8 Å². The van der Waals surface area contributed by atoms with E-state index in [2.05, 4.69) is 5.32 Å². The zero-order valence-electron chi connectivity index (χ0n) is 21.6. The number of hydrogen-bond donors (Lipinski definition) is 1. The average molecular weight is 571 g/mol. The van der Waals surface area contributed by atoms with Crippen LogP contribution in [0.1, 0.15) is 25.5 Å². The second-order valence-electron chi connectivity index (χ2n) is 8.98. The molecule has 4 rings (SSSR count). The number of thiazole rings is 1. The van der Waals surface area contributed by atoms with Crippen molar-refractivity contribution in [1.82, 2.24) is 4.57 Å². The van der Waals surface area contributed by atoms with Crippen LogP contribution in [0.15, 0.2) is 70.4 Å². The Hall–Kier alpha value is -4.23. The highest BCUT2D eigenvalue weighted by molar-refractivity contribution is 7.92. The van der Waals surface area contributed by atoms with E-state index in [1.807, 2.05) is 13.8 Å². The van der Waals surface area contributed by atoms with Gasteiger partial charge in [-0.15, -0.1) is 0 Å². The van der Waals surface area contributed by atoms with Gasteiger partial charge in [0.1, 0.15) is 12.3 Å². The second-order valence-corrected chi connectivity index (χ2v) is 11.8. The van der Waals surface area contributed by atoms with Gasteiger partial charge in [0, 0.05) is 23.4 Å². The number of ether oxygens (including phenoxy) is 1. The summed E-state index contributed by atoms with van der Waals surface area (Å²) in [6, 6.07) is 14.6. The Morgan fingerprint density at radius 1 is 1.13 bits per heavy atom. The lowest BCUT2D eigenvalue weighted by molar-refractivity contribution is -0.385. The lowest BCUT2D eigenvalue weighted by atomic mass is 10.2. The fourth-order valence-electron chi connectivity index (χ4n) is 4.07. The van der Waals surface area contributed by atoms with Crippen molar-refractivity contribution in [3.8, 4) is 5.75 Å². The molecule has 0 aliphatic heterocycles. The Labute approximate surface area is 228 Å². The number of nitro benzene ring substituents is 1. The van der Waals surface area contributed by atoms with E-state index < -0.39 is 27.4 Å². The fraction of sp³-hybridized carbons (Fsp3) is 0.231. The molecule has 13 heteroatoms. The molecule has 0 spiro atoms. The minimum Gasteiger partial charge on any atom is -0.497 e. The summed E-state index contributed by atoms with van der Waals surface area (Å²) in [6.45, 7) is 4.70. The molecule has 39 heavy (non-hydrogen) atoms. The minimum atomic E-state index is -4.40. The van der Waals surface area contributed by atoms with Crippen LogP contribution in [0.5, 0.6) is 5.75 Å². The fourth-order valence-corrected chi connectivity index (χ4v) is 6.57. The molecule has 1 aromatic heterocycles. The van der Waals surface area contributed by atoms with E-state index in [1.165, 1.54) is 38.3 Å². The first-order chi connectivity index (χ1) is 18.4. The lowest BCUT2D eigenvalue weighted by Crippen LogP contribution is -2.38. The van der Waals surface area contributed by atoms with Gasteiger partial charge in [-0.25, -0.2) is 8.42 Å². The number of carbonyl (C=O) groups excluding carboxylic acids is 1. The van der Waals surface area contributed by atoms with Crippen molar-refractivity contribution < 1.29 is 22.9 Å². The Morgan fingerprint density at radius 2 is 1.82 bits per heavy atom. The molecule has 0 aliphatic rings. The number of carbonyl (C=O) groups is 1. The van der Waals surface area contributed by atoms with E-state index in [0.717, 1.165) is 27.2 Å². The standard InChI is InChI=1S/C26H26N4O7S2/c1-16(2)29-22-12-6-18(13-24(22)38-26(29)32)27-25(31)15-28(19-7-9-20(37-4)10-8-19)39(35,36)21-11-5-17(3)23(14-21)30(33)34/h5-14,16H,15H2,1-4H3,(H,27,31). The van der Waals surface area contributed by atoms with Crippen LogP contribution in [0, 0.1) is 17.0 Å². The summed E-state index contributed by atoms with van der Waals surface area (Å²) in [4.78, 5) is 35.8. The Kier molecular flexibility index (Phi) is 7.74. The first-order valence-corrected chi connectivity index (χ1v) is 14.0. The van der Waals surface area contributed by atoms with Gasteiger partial charge in [-0.3, -0.25) is 28.6 Å². The van der Waals surface area contributed by atoms with E-state index in [0.29, 0.717) is 21.7 Å². The summed E-state index contributed by atoms with van der Waals surface area (Å²) < 4.78 is 35.8. The molecular formula is C26H26N4O7S2. The number of fused-ring (bicyclic) bond motifs is 1. The maximum Gasteiger partial charge on any atom is 0.308 e. The number of aromatic nitrogens is 1. The molecule has 204 valence electrons. The quantitative estimate of drug-likeness (QED) is 0.227. The zero-order valence-corrected chi connectivity index (χ0v) is 23.2. The van der Waals surface area contributed by atoms with Gasteiger partial charge in [0.15, 0.2) is 0 Å². The van der Waals surface area contributed by atoms with Crippen molar-refractivity contribution in [3.05, 3.63) is 86.0 Å². The van der Waals surface area contributed by atoms with Gasteiger partial charge in [-0.05, 0) is 69.3 Å². The third-order valence-electron chi connectivity index (χ3n) is 6.03. The van der Waals surface area contributed by atoms with E-state index in [9.17, 15) is 28.1 Å². The molecule has 0 fully saturated rings. The number of benzene rings is 3. The molecule has 0 bridgehead atoms. The van der Waals surface area contributed by atoms with E-state index in [4.69, 9.17) is 4.74 Å². The summed E-state index contributed by atoms with van der Waals surface area (Å²) in [5, 5.41) is 14.1. The van der Waals surface area contributed by atoms with E-state index >= 15 is 0 Å². The van der Waals surface area contributed by atoms with E-state index in [-0.39, 0.29) is 27.2 Å². The summed E-state index contributed by atoms with van der Waals surface area (Å²) in [5.41, 5.74) is 1.24. The maximum atomic E-state index is 13.7. The number of amides is 1. The van der Waals surface area contributed by atoms with Crippen molar-refractivity contribution in [2.24, 2.45) is 0 Å². The van der Waals surface area contributed by atoms with Crippen molar-refractivity contribution in [2.75, 3.05) is 23.3 Å². The molecule has 11 nitrogen and oxygen atoms in total. The Bertz CT molecular complexity index is 1730. The highest BCUT2D eigenvalue weighted by Gasteiger charge is 2.29. The van der Waals surface area contributed by atoms with Crippen LogP contribution < -0.4 is 19.2 Å². The summed E-state index contributed by atoms with van der Waals surface area (Å²) in [7, 11) is -2.93. The number of sulfonamides is 1. The molecule has 0 aliphatic carbocycles. The molecule has 1 heterocycles. The van der Waals surface area contributed by atoms with Gasteiger partial charge in [-0.1, -0.05) is 17.4 Å². The van der Waals surface area contributed by atoms with Crippen LogP contribution in [0.25, 0.3) is 10.2 Å². The predicted molar refractivity (Wildman–Crippen MR) is 150 cm³/mol. The molecule has 0 radical (unpaired) electrons. The summed E-state index contributed by atoms with van der Waals surface area (Å²) in [6.07, 6.45) is 0. The van der Waals surface area contributed by atoms with E-state index in [1.54, 1.807) is 34.9 Å². The maximum absolute atomic E-state index is 13.7. The molecule has 0 atom stereocenters. The largest absolute Gasteiger partial charge is 0.497 e. The SMILES string of the molecule is COc1ccc(N(CC(=O)Nc2ccc3c(c2)sc(=O)n3C(C)C)S(=O)(=O)c2ccc(C)c([N+](=O)[O-])c2)cc1. The van der Waals surface area contributed by atoms with Gasteiger partial charge in [-0.2, -0.15) is 0 Å². The van der Waals surface area contributed by atoms with Gasteiger partial charge in [0.2, 0.25) is 5.91 Å². The number of methoxy groups -OCH3 is 1. The normalized spacial score (nSPS) is 11.5. The first-order valence-electron chi connectivity index (χ1n) is 11.8. The van der Waals surface area contributed by atoms with Crippen molar-refractivity contribution in [2.45, 2.75) is 31.7 Å². The molecule has 4 aromatic rings. The number of hydrogen-bond acceptors (Lipinski definition) is 8. The average Bonchev–Trinajstić information content (AvgIpc) is 3.22. The highest BCUT2D eigenvalue weighted by atomic mass is 32.2. The number of nitrogens with zero attached hydrogens (tertiary/aromatic N) is 3. The van der Waals surface area contributed by atoms with Crippen LogP contribution in [0.4, 0.5) is 17.1 Å². The number of nitrogens with one attached hydrogen (secondary N) is 1.